The van der Waals surface area contributed by atoms with Crippen LogP contribution in [0.25, 0.3) is 0 Å². The Labute approximate surface area is 209 Å². The quantitative estimate of drug-likeness (QED) is 0.383. The molecule has 1 aliphatic carbocycles. The number of benzene rings is 2. The number of aryl methyl sites for hydroxylation is 1. The van der Waals surface area contributed by atoms with E-state index in [2.05, 4.69) is 20.8 Å². The molecule has 1 heterocycles. The van der Waals surface area contributed by atoms with Gasteiger partial charge in [-0.3, -0.25) is 9.59 Å². The molecule has 35 heavy (non-hydrogen) atoms. The first-order valence-corrected chi connectivity index (χ1v) is 12.3. The standard InChI is InChI=1S/C26H29ClN4O4/c1-18(32)30-26(15-7-2-3-8-16-26)25-29-24(35-31-25)14-13-23(33)28-21-17-19(27)11-12-22(21)34-20-9-5-4-6-10-20/h4-6,9-12,17H,2-3,7-8,13-16H2,1H3,(H,28,33)(H,30,32). The van der Waals surface area contributed by atoms with Gasteiger partial charge < -0.3 is 19.9 Å². The number of hydrogen-bond acceptors (Lipinski definition) is 6. The number of halogens is 1. The van der Waals surface area contributed by atoms with Crippen LogP contribution in [-0.4, -0.2) is 22.0 Å². The summed E-state index contributed by atoms with van der Waals surface area (Å²) in [5.74, 6) is 1.62. The van der Waals surface area contributed by atoms with Crippen LogP contribution in [0.1, 0.15) is 63.6 Å². The Bertz CT molecular complexity index is 1160. The number of para-hydroxylation sites is 1. The lowest BCUT2D eigenvalue weighted by Gasteiger charge is -2.30. The third kappa shape index (κ3) is 6.60. The zero-order chi connectivity index (χ0) is 24.7. The number of carbonyl (C=O) groups excluding carboxylic acids is 2. The van der Waals surface area contributed by atoms with Gasteiger partial charge in [0, 0.05) is 24.8 Å². The van der Waals surface area contributed by atoms with Gasteiger partial charge in [-0.2, -0.15) is 4.98 Å². The minimum absolute atomic E-state index is 0.118. The van der Waals surface area contributed by atoms with E-state index in [1.807, 2.05) is 30.3 Å². The van der Waals surface area contributed by atoms with Crippen molar-refractivity contribution in [1.29, 1.82) is 0 Å². The van der Waals surface area contributed by atoms with Gasteiger partial charge in [0.25, 0.3) is 0 Å². The normalized spacial score (nSPS) is 15.1. The van der Waals surface area contributed by atoms with E-state index in [0.29, 0.717) is 33.9 Å². The van der Waals surface area contributed by atoms with E-state index in [4.69, 9.17) is 20.9 Å². The molecule has 1 fully saturated rings. The summed E-state index contributed by atoms with van der Waals surface area (Å²) in [5.41, 5.74) is -0.141. The fourth-order valence-electron chi connectivity index (χ4n) is 4.36. The van der Waals surface area contributed by atoms with E-state index in [-0.39, 0.29) is 24.7 Å². The molecule has 1 saturated carbocycles. The number of carbonyl (C=O) groups is 2. The van der Waals surface area contributed by atoms with E-state index >= 15 is 0 Å². The van der Waals surface area contributed by atoms with Gasteiger partial charge in [0.05, 0.1) is 5.69 Å². The van der Waals surface area contributed by atoms with Gasteiger partial charge in [-0.15, -0.1) is 0 Å². The van der Waals surface area contributed by atoms with Gasteiger partial charge in [-0.1, -0.05) is 60.6 Å². The summed E-state index contributed by atoms with van der Waals surface area (Å²) < 4.78 is 11.4. The molecule has 0 atom stereocenters. The van der Waals surface area contributed by atoms with Crippen LogP contribution < -0.4 is 15.4 Å². The van der Waals surface area contributed by atoms with Crippen molar-refractivity contribution in [2.75, 3.05) is 5.32 Å². The van der Waals surface area contributed by atoms with Gasteiger partial charge >= 0.3 is 0 Å². The SMILES string of the molecule is CC(=O)NC1(c2noc(CCC(=O)Nc3cc(Cl)ccc3Oc3ccccc3)n2)CCCCCC1. The number of hydrogen-bond donors (Lipinski definition) is 2. The van der Waals surface area contributed by atoms with Crippen LogP contribution in [0.3, 0.4) is 0 Å². The maximum Gasteiger partial charge on any atom is 0.227 e. The number of ether oxygens (including phenoxy) is 1. The molecule has 0 aliphatic heterocycles. The summed E-state index contributed by atoms with van der Waals surface area (Å²) in [6, 6.07) is 14.3. The first-order chi connectivity index (χ1) is 16.9. The molecule has 4 rings (SSSR count). The molecule has 2 amide bonds. The highest BCUT2D eigenvalue weighted by atomic mass is 35.5. The monoisotopic (exact) mass is 496 g/mol. The second-order valence-corrected chi connectivity index (χ2v) is 9.23. The maximum atomic E-state index is 12.7. The van der Waals surface area contributed by atoms with Gasteiger partial charge in [0.1, 0.15) is 11.3 Å². The molecule has 0 bridgehead atoms. The highest BCUT2D eigenvalue weighted by molar-refractivity contribution is 6.31. The molecule has 0 radical (unpaired) electrons. The fourth-order valence-corrected chi connectivity index (χ4v) is 4.53. The molecule has 8 nitrogen and oxygen atoms in total. The van der Waals surface area contributed by atoms with Crippen LogP contribution in [-0.2, 0) is 21.5 Å². The Balaban J connectivity index is 1.41. The van der Waals surface area contributed by atoms with Crippen molar-refractivity contribution in [3.63, 3.8) is 0 Å². The van der Waals surface area contributed by atoms with Crippen LogP contribution >= 0.6 is 11.6 Å². The minimum atomic E-state index is -0.614. The molecule has 0 saturated heterocycles. The second-order valence-electron chi connectivity index (χ2n) is 8.79. The number of nitrogens with zero attached hydrogens (tertiary/aromatic N) is 2. The molecular weight excluding hydrogens is 468 g/mol. The molecule has 0 unspecified atom stereocenters. The maximum absolute atomic E-state index is 12.7. The average Bonchev–Trinajstić information content (AvgIpc) is 3.20. The summed E-state index contributed by atoms with van der Waals surface area (Å²) in [7, 11) is 0. The number of nitrogens with one attached hydrogen (secondary N) is 2. The van der Waals surface area contributed by atoms with Crippen LogP contribution in [0.5, 0.6) is 11.5 Å². The molecule has 184 valence electrons. The zero-order valence-corrected chi connectivity index (χ0v) is 20.4. The minimum Gasteiger partial charge on any atom is -0.455 e. The Kier molecular flexibility index (Phi) is 8.02. The first kappa shape index (κ1) is 24.7. The molecule has 1 aromatic heterocycles. The number of anilines is 1. The number of amides is 2. The van der Waals surface area contributed by atoms with Crippen molar-refractivity contribution in [2.45, 2.75) is 63.8 Å². The van der Waals surface area contributed by atoms with Crippen molar-refractivity contribution >= 4 is 29.1 Å². The Morgan fingerprint density at radius 1 is 1.09 bits per heavy atom. The van der Waals surface area contributed by atoms with E-state index < -0.39 is 5.54 Å². The summed E-state index contributed by atoms with van der Waals surface area (Å²) in [6.45, 7) is 1.50. The van der Waals surface area contributed by atoms with Crippen molar-refractivity contribution < 1.29 is 18.8 Å². The Morgan fingerprint density at radius 2 is 1.83 bits per heavy atom. The van der Waals surface area contributed by atoms with Gasteiger partial charge in [-0.25, -0.2) is 0 Å². The van der Waals surface area contributed by atoms with E-state index in [1.165, 1.54) is 6.92 Å². The van der Waals surface area contributed by atoms with Crippen LogP contribution in [0.15, 0.2) is 53.1 Å². The molecule has 9 heteroatoms. The van der Waals surface area contributed by atoms with E-state index in [9.17, 15) is 9.59 Å². The molecular formula is C26H29ClN4O4. The smallest absolute Gasteiger partial charge is 0.227 e. The number of aromatic nitrogens is 2. The van der Waals surface area contributed by atoms with Gasteiger partial charge in [-0.05, 0) is 43.2 Å². The predicted molar refractivity (Wildman–Crippen MR) is 132 cm³/mol. The topological polar surface area (TPSA) is 106 Å². The predicted octanol–water partition coefficient (Wildman–Crippen LogP) is 5.77. The van der Waals surface area contributed by atoms with Crippen LogP contribution in [0, 0.1) is 0 Å². The number of rotatable bonds is 8. The third-order valence-corrected chi connectivity index (χ3v) is 6.26. The van der Waals surface area contributed by atoms with Gasteiger partial charge in [0.2, 0.25) is 17.7 Å². The van der Waals surface area contributed by atoms with Crippen molar-refractivity contribution in [3.05, 3.63) is 65.3 Å². The zero-order valence-electron chi connectivity index (χ0n) is 19.7. The lowest BCUT2D eigenvalue weighted by molar-refractivity contribution is -0.121. The largest absolute Gasteiger partial charge is 0.455 e. The summed E-state index contributed by atoms with van der Waals surface area (Å²) in [6.07, 6.45) is 6.14. The molecule has 3 aromatic rings. The summed E-state index contributed by atoms with van der Waals surface area (Å²) in [4.78, 5) is 29.2. The highest BCUT2D eigenvalue weighted by Crippen LogP contribution is 2.35. The molecule has 1 aliphatic rings. The third-order valence-electron chi connectivity index (χ3n) is 6.02. The Hall–Kier alpha value is -3.39. The summed E-state index contributed by atoms with van der Waals surface area (Å²) in [5, 5.41) is 10.6. The highest BCUT2D eigenvalue weighted by Gasteiger charge is 2.38. The second kappa shape index (κ2) is 11.4. The van der Waals surface area contributed by atoms with Crippen molar-refractivity contribution in [3.8, 4) is 11.5 Å². The van der Waals surface area contributed by atoms with Crippen molar-refractivity contribution in [1.82, 2.24) is 15.5 Å². The molecule has 0 spiro atoms. The Morgan fingerprint density at radius 3 is 2.54 bits per heavy atom. The molecule has 2 aromatic carbocycles. The van der Waals surface area contributed by atoms with E-state index in [1.54, 1.807) is 18.2 Å². The first-order valence-electron chi connectivity index (χ1n) is 11.9. The van der Waals surface area contributed by atoms with E-state index in [0.717, 1.165) is 38.5 Å². The van der Waals surface area contributed by atoms with Crippen molar-refractivity contribution in [2.24, 2.45) is 0 Å². The van der Waals surface area contributed by atoms with Gasteiger partial charge in [0.15, 0.2) is 11.6 Å². The lowest BCUT2D eigenvalue weighted by Crippen LogP contribution is -2.45. The average molecular weight is 497 g/mol. The van der Waals surface area contributed by atoms with Crippen LogP contribution in [0.4, 0.5) is 5.69 Å². The lowest BCUT2D eigenvalue weighted by atomic mass is 9.89. The van der Waals surface area contributed by atoms with Crippen LogP contribution in [0.2, 0.25) is 5.02 Å². The molecule has 2 N–H and O–H groups in total. The summed E-state index contributed by atoms with van der Waals surface area (Å²) >= 11 is 6.14. The fraction of sp³-hybridized carbons (Fsp3) is 0.385.